The molecule has 0 heterocycles. The number of halogens is 1. The van der Waals surface area contributed by atoms with E-state index in [9.17, 15) is 13.2 Å². The van der Waals surface area contributed by atoms with Crippen LogP contribution in [0.15, 0.2) is 28.7 Å². The van der Waals surface area contributed by atoms with Crippen LogP contribution in [0, 0.1) is 0 Å². The summed E-state index contributed by atoms with van der Waals surface area (Å²) in [6.45, 7) is 0.0779. The van der Waals surface area contributed by atoms with Crippen LogP contribution in [0.25, 0.3) is 0 Å². The van der Waals surface area contributed by atoms with E-state index in [1.165, 1.54) is 7.05 Å². The van der Waals surface area contributed by atoms with Crippen LogP contribution in [-0.2, 0) is 10.0 Å². The van der Waals surface area contributed by atoms with Crippen molar-refractivity contribution in [3.8, 4) is 0 Å². The highest BCUT2D eigenvalue weighted by Crippen LogP contribution is 2.11. The molecular weight excluding hydrogens is 308 g/mol. The van der Waals surface area contributed by atoms with E-state index in [4.69, 9.17) is 0 Å². The van der Waals surface area contributed by atoms with Gasteiger partial charge in [-0.05, 0) is 25.2 Å². The molecule has 0 aliphatic rings. The number of hydrogen-bond acceptors (Lipinski definition) is 3. The van der Waals surface area contributed by atoms with Crippen molar-refractivity contribution >= 4 is 31.9 Å². The summed E-state index contributed by atoms with van der Waals surface area (Å²) >= 11 is 3.26. The van der Waals surface area contributed by atoms with Gasteiger partial charge in [0.25, 0.3) is 5.91 Å². The van der Waals surface area contributed by atoms with Gasteiger partial charge in [-0.2, -0.15) is 0 Å². The van der Waals surface area contributed by atoms with Crippen molar-refractivity contribution in [2.75, 3.05) is 19.3 Å². The van der Waals surface area contributed by atoms with Crippen LogP contribution < -0.4 is 10.0 Å². The third-order valence-electron chi connectivity index (χ3n) is 2.05. The summed E-state index contributed by atoms with van der Waals surface area (Å²) in [5.41, 5.74) is 0.487. The lowest BCUT2D eigenvalue weighted by Gasteiger charge is -2.05. The molecule has 0 fully saturated rings. The molecule has 1 aromatic carbocycles. The molecule has 0 atom stereocenters. The number of carbonyl (C=O) groups is 1. The molecule has 0 radical (unpaired) electrons. The van der Waals surface area contributed by atoms with E-state index in [0.29, 0.717) is 5.56 Å². The summed E-state index contributed by atoms with van der Waals surface area (Å²) in [5.74, 6) is -0.430. The third kappa shape index (κ3) is 4.84. The standard InChI is InChI=1S/C10H13BrN2O3S/c1-12-17(15,16)6-5-13-10(14)8-3-2-4-9(11)7-8/h2-4,7,12H,5-6H2,1H3,(H,13,14). The molecule has 5 nitrogen and oxygen atoms in total. The predicted molar refractivity (Wildman–Crippen MR) is 69.3 cm³/mol. The first kappa shape index (κ1) is 14.1. The predicted octanol–water partition coefficient (Wildman–Crippen LogP) is 0.728. The molecule has 0 bridgehead atoms. The zero-order valence-electron chi connectivity index (χ0n) is 9.23. The van der Waals surface area contributed by atoms with Crippen LogP contribution in [0.4, 0.5) is 0 Å². The summed E-state index contributed by atoms with van der Waals surface area (Å²) in [6, 6.07) is 6.88. The maximum atomic E-state index is 11.6. The first-order valence-corrected chi connectivity index (χ1v) is 7.34. The minimum Gasteiger partial charge on any atom is -0.351 e. The molecule has 17 heavy (non-hydrogen) atoms. The highest BCUT2D eigenvalue weighted by molar-refractivity contribution is 9.10. The van der Waals surface area contributed by atoms with Crippen molar-refractivity contribution in [1.82, 2.24) is 10.0 Å². The lowest BCUT2D eigenvalue weighted by Crippen LogP contribution is -2.32. The van der Waals surface area contributed by atoms with Crippen LogP contribution in [0.2, 0.25) is 0 Å². The maximum Gasteiger partial charge on any atom is 0.251 e. The monoisotopic (exact) mass is 320 g/mol. The molecule has 0 spiro atoms. The van der Waals surface area contributed by atoms with Gasteiger partial charge in [0.2, 0.25) is 10.0 Å². The topological polar surface area (TPSA) is 75.3 Å². The summed E-state index contributed by atoms with van der Waals surface area (Å²) in [5, 5.41) is 2.54. The third-order valence-corrected chi connectivity index (χ3v) is 3.91. The molecule has 2 N–H and O–H groups in total. The zero-order valence-corrected chi connectivity index (χ0v) is 11.6. The van der Waals surface area contributed by atoms with Gasteiger partial charge in [-0.3, -0.25) is 4.79 Å². The molecule has 7 heteroatoms. The second-order valence-electron chi connectivity index (χ2n) is 3.29. The first-order valence-electron chi connectivity index (χ1n) is 4.89. The van der Waals surface area contributed by atoms with Crippen LogP contribution in [0.3, 0.4) is 0 Å². The Labute approximate surface area is 109 Å². The van der Waals surface area contributed by atoms with Crippen molar-refractivity contribution in [2.24, 2.45) is 0 Å². The highest BCUT2D eigenvalue weighted by Gasteiger charge is 2.09. The molecule has 1 amide bonds. The van der Waals surface area contributed by atoms with Crippen molar-refractivity contribution in [3.63, 3.8) is 0 Å². The number of amides is 1. The van der Waals surface area contributed by atoms with E-state index >= 15 is 0 Å². The van der Waals surface area contributed by atoms with Gasteiger partial charge < -0.3 is 5.32 Å². The van der Waals surface area contributed by atoms with E-state index < -0.39 is 10.0 Å². The van der Waals surface area contributed by atoms with Crippen molar-refractivity contribution < 1.29 is 13.2 Å². The zero-order chi connectivity index (χ0) is 12.9. The van der Waals surface area contributed by atoms with Gasteiger partial charge in [0.1, 0.15) is 0 Å². The second-order valence-corrected chi connectivity index (χ2v) is 6.25. The second kappa shape index (κ2) is 6.13. The minimum absolute atomic E-state index is 0.0779. The van der Waals surface area contributed by atoms with Crippen molar-refractivity contribution in [1.29, 1.82) is 0 Å². The summed E-state index contributed by atoms with van der Waals surface area (Å²) in [4.78, 5) is 11.6. The average Bonchev–Trinajstić information content (AvgIpc) is 2.28. The highest BCUT2D eigenvalue weighted by atomic mass is 79.9. The number of nitrogens with one attached hydrogen (secondary N) is 2. The van der Waals surface area contributed by atoms with Gasteiger partial charge in [0, 0.05) is 16.6 Å². The summed E-state index contributed by atoms with van der Waals surface area (Å²) in [7, 11) is -1.94. The Hall–Kier alpha value is -0.920. The van der Waals surface area contributed by atoms with Gasteiger partial charge in [-0.1, -0.05) is 22.0 Å². The van der Waals surface area contributed by atoms with E-state index in [0.717, 1.165) is 4.47 Å². The average molecular weight is 321 g/mol. The minimum atomic E-state index is -3.28. The van der Waals surface area contributed by atoms with Crippen LogP contribution in [0.5, 0.6) is 0 Å². The lowest BCUT2D eigenvalue weighted by atomic mass is 10.2. The summed E-state index contributed by atoms with van der Waals surface area (Å²) < 4.78 is 25.2. The Morgan fingerprint density at radius 3 is 2.71 bits per heavy atom. The quantitative estimate of drug-likeness (QED) is 0.839. The van der Waals surface area contributed by atoms with Gasteiger partial charge in [-0.15, -0.1) is 0 Å². The fourth-order valence-electron chi connectivity index (χ4n) is 1.13. The van der Waals surface area contributed by atoms with Gasteiger partial charge in [0.15, 0.2) is 0 Å². The molecule has 0 saturated carbocycles. The van der Waals surface area contributed by atoms with Gasteiger partial charge >= 0.3 is 0 Å². The largest absolute Gasteiger partial charge is 0.351 e. The number of sulfonamides is 1. The SMILES string of the molecule is CNS(=O)(=O)CCNC(=O)c1cccc(Br)c1. The van der Waals surface area contributed by atoms with Crippen LogP contribution >= 0.6 is 15.9 Å². The summed E-state index contributed by atoms with van der Waals surface area (Å²) in [6.07, 6.45) is 0. The maximum absolute atomic E-state index is 11.6. The van der Waals surface area contributed by atoms with E-state index in [1.54, 1.807) is 18.2 Å². The lowest BCUT2D eigenvalue weighted by molar-refractivity contribution is 0.0956. The molecule has 0 aromatic heterocycles. The molecule has 1 aromatic rings. The molecule has 0 saturated heterocycles. The molecule has 0 aliphatic heterocycles. The Morgan fingerprint density at radius 2 is 2.12 bits per heavy atom. The Balaban J connectivity index is 2.51. The van der Waals surface area contributed by atoms with Crippen LogP contribution in [0.1, 0.15) is 10.4 Å². The number of hydrogen-bond donors (Lipinski definition) is 2. The van der Waals surface area contributed by atoms with Crippen LogP contribution in [-0.4, -0.2) is 33.7 Å². The Kier molecular flexibility index (Phi) is 5.10. The molecule has 1 rings (SSSR count). The fourth-order valence-corrected chi connectivity index (χ4v) is 2.11. The smallest absolute Gasteiger partial charge is 0.251 e. The molecular formula is C10H13BrN2O3S. The van der Waals surface area contributed by atoms with Crippen molar-refractivity contribution in [3.05, 3.63) is 34.3 Å². The van der Waals surface area contributed by atoms with E-state index in [-0.39, 0.29) is 18.2 Å². The van der Waals surface area contributed by atoms with Gasteiger partial charge in [-0.25, -0.2) is 13.1 Å². The Bertz CT molecular complexity index is 502. The van der Waals surface area contributed by atoms with Gasteiger partial charge in [0.05, 0.1) is 5.75 Å². The van der Waals surface area contributed by atoms with E-state index in [1.807, 2.05) is 6.07 Å². The molecule has 0 aliphatic carbocycles. The van der Waals surface area contributed by atoms with Crippen molar-refractivity contribution in [2.45, 2.75) is 0 Å². The number of rotatable bonds is 5. The Morgan fingerprint density at radius 1 is 1.41 bits per heavy atom. The fraction of sp³-hybridized carbons (Fsp3) is 0.300. The number of carbonyl (C=O) groups excluding carboxylic acids is 1. The molecule has 94 valence electrons. The molecule has 0 unspecified atom stereocenters. The first-order chi connectivity index (χ1) is 7.94. The number of benzene rings is 1. The normalized spacial score (nSPS) is 11.2. The van der Waals surface area contributed by atoms with E-state index in [2.05, 4.69) is 26.0 Å².